The summed E-state index contributed by atoms with van der Waals surface area (Å²) in [6, 6.07) is 9.69. The standard InChI is InChI=1S/C14H18N2O2S2.ClH/c1-15-20(17,18)11-14-5-3-2-4-13(14)9-16-8-12-6-7-19-10-12;/h2-7,10,15-16H,8-9,11H2,1H3;1H. The molecular formula is C14H19ClN2O2S2. The lowest BCUT2D eigenvalue weighted by Gasteiger charge is -2.10. The monoisotopic (exact) mass is 346 g/mol. The van der Waals surface area contributed by atoms with Crippen LogP contribution in [0.5, 0.6) is 0 Å². The van der Waals surface area contributed by atoms with Crippen LogP contribution in [-0.4, -0.2) is 15.5 Å². The molecular weight excluding hydrogens is 328 g/mol. The number of sulfonamides is 1. The first-order valence-electron chi connectivity index (χ1n) is 6.30. The summed E-state index contributed by atoms with van der Waals surface area (Å²) in [7, 11) is -1.80. The average molecular weight is 347 g/mol. The predicted octanol–water partition coefficient (Wildman–Crippen LogP) is 2.51. The Morgan fingerprint density at radius 2 is 1.81 bits per heavy atom. The van der Waals surface area contributed by atoms with Crippen LogP contribution in [-0.2, 0) is 28.9 Å². The van der Waals surface area contributed by atoms with E-state index in [1.807, 2.05) is 29.6 Å². The van der Waals surface area contributed by atoms with Crippen LogP contribution in [0.4, 0.5) is 0 Å². The van der Waals surface area contributed by atoms with Gasteiger partial charge in [-0.2, -0.15) is 11.3 Å². The fraction of sp³-hybridized carbons (Fsp3) is 0.286. The SMILES string of the molecule is CNS(=O)(=O)Cc1ccccc1CNCc1ccsc1.Cl. The first kappa shape index (κ1) is 18.1. The van der Waals surface area contributed by atoms with Gasteiger partial charge in [-0.3, -0.25) is 0 Å². The zero-order chi connectivity index (χ0) is 14.4. The fourth-order valence-corrected chi connectivity index (χ4v) is 3.39. The van der Waals surface area contributed by atoms with E-state index in [1.165, 1.54) is 12.6 Å². The maximum atomic E-state index is 11.7. The van der Waals surface area contributed by atoms with E-state index in [0.717, 1.165) is 17.7 Å². The van der Waals surface area contributed by atoms with E-state index in [9.17, 15) is 8.42 Å². The van der Waals surface area contributed by atoms with Crippen molar-refractivity contribution in [3.8, 4) is 0 Å². The molecule has 21 heavy (non-hydrogen) atoms. The van der Waals surface area contributed by atoms with Crippen molar-refractivity contribution in [2.24, 2.45) is 0 Å². The van der Waals surface area contributed by atoms with Gasteiger partial charge in [0.1, 0.15) is 0 Å². The van der Waals surface area contributed by atoms with Crippen molar-refractivity contribution in [1.29, 1.82) is 0 Å². The Kier molecular flexibility index (Phi) is 7.34. The minimum Gasteiger partial charge on any atom is -0.309 e. The van der Waals surface area contributed by atoms with Gasteiger partial charge in [-0.05, 0) is 40.6 Å². The minimum atomic E-state index is -3.24. The van der Waals surface area contributed by atoms with Crippen LogP contribution in [0.15, 0.2) is 41.1 Å². The number of nitrogens with one attached hydrogen (secondary N) is 2. The van der Waals surface area contributed by atoms with E-state index in [4.69, 9.17) is 0 Å². The summed E-state index contributed by atoms with van der Waals surface area (Å²) in [5.41, 5.74) is 3.09. The van der Waals surface area contributed by atoms with Gasteiger partial charge in [0, 0.05) is 13.1 Å². The average Bonchev–Trinajstić information content (AvgIpc) is 2.94. The van der Waals surface area contributed by atoms with E-state index in [0.29, 0.717) is 6.54 Å². The van der Waals surface area contributed by atoms with Crippen molar-refractivity contribution in [2.75, 3.05) is 7.05 Å². The van der Waals surface area contributed by atoms with Crippen molar-refractivity contribution < 1.29 is 8.42 Å². The fourth-order valence-electron chi connectivity index (χ4n) is 1.88. The van der Waals surface area contributed by atoms with Crippen LogP contribution in [0.3, 0.4) is 0 Å². The van der Waals surface area contributed by atoms with Gasteiger partial charge in [0.15, 0.2) is 0 Å². The van der Waals surface area contributed by atoms with Crippen LogP contribution in [0.2, 0.25) is 0 Å². The number of hydrogen-bond donors (Lipinski definition) is 2. The Bertz CT molecular complexity index is 643. The molecule has 0 aliphatic carbocycles. The highest BCUT2D eigenvalue weighted by atomic mass is 35.5. The van der Waals surface area contributed by atoms with Gasteiger partial charge in [-0.15, -0.1) is 12.4 Å². The Morgan fingerprint density at radius 1 is 1.10 bits per heavy atom. The maximum Gasteiger partial charge on any atom is 0.215 e. The Balaban J connectivity index is 0.00000220. The van der Waals surface area contributed by atoms with Crippen molar-refractivity contribution >= 4 is 33.8 Å². The molecule has 0 unspecified atom stereocenters. The summed E-state index contributed by atoms with van der Waals surface area (Å²) in [6.45, 7) is 1.45. The van der Waals surface area contributed by atoms with Gasteiger partial charge in [0.05, 0.1) is 5.75 Å². The smallest absolute Gasteiger partial charge is 0.215 e. The van der Waals surface area contributed by atoms with Crippen LogP contribution < -0.4 is 10.0 Å². The lowest BCUT2D eigenvalue weighted by Crippen LogP contribution is -2.22. The zero-order valence-corrected chi connectivity index (χ0v) is 14.2. The van der Waals surface area contributed by atoms with E-state index in [-0.39, 0.29) is 18.2 Å². The Morgan fingerprint density at radius 3 is 2.43 bits per heavy atom. The highest BCUT2D eigenvalue weighted by Gasteiger charge is 2.11. The quantitative estimate of drug-likeness (QED) is 0.809. The molecule has 0 spiro atoms. The molecule has 0 fully saturated rings. The summed E-state index contributed by atoms with van der Waals surface area (Å²) in [4.78, 5) is 0. The van der Waals surface area contributed by atoms with Crippen molar-refractivity contribution in [3.63, 3.8) is 0 Å². The third-order valence-corrected chi connectivity index (χ3v) is 5.04. The number of benzene rings is 1. The number of halogens is 1. The molecule has 0 atom stereocenters. The number of rotatable bonds is 7. The first-order valence-corrected chi connectivity index (χ1v) is 8.90. The van der Waals surface area contributed by atoms with Crippen molar-refractivity contribution in [1.82, 2.24) is 10.0 Å². The molecule has 0 saturated heterocycles. The summed E-state index contributed by atoms with van der Waals surface area (Å²) < 4.78 is 25.7. The molecule has 1 aromatic carbocycles. The summed E-state index contributed by atoms with van der Waals surface area (Å²) >= 11 is 1.67. The van der Waals surface area contributed by atoms with Crippen LogP contribution >= 0.6 is 23.7 Å². The number of thiophene rings is 1. The normalized spacial score (nSPS) is 11.1. The molecule has 0 aliphatic rings. The summed E-state index contributed by atoms with van der Waals surface area (Å²) in [6.07, 6.45) is 0. The Labute approximate surface area is 136 Å². The first-order chi connectivity index (χ1) is 9.61. The molecule has 116 valence electrons. The molecule has 0 radical (unpaired) electrons. The molecule has 1 aromatic heterocycles. The lowest BCUT2D eigenvalue weighted by molar-refractivity contribution is 0.587. The molecule has 4 nitrogen and oxygen atoms in total. The zero-order valence-electron chi connectivity index (χ0n) is 11.7. The Hall–Kier alpha value is -0.920. The topological polar surface area (TPSA) is 58.2 Å². The van der Waals surface area contributed by atoms with Crippen LogP contribution in [0, 0.1) is 0 Å². The van der Waals surface area contributed by atoms with Crippen molar-refractivity contribution in [3.05, 3.63) is 57.8 Å². The lowest BCUT2D eigenvalue weighted by atomic mass is 10.1. The van der Waals surface area contributed by atoms with Gasteiger partial charge < -0.3 is 5.32 Å². The molecule has 2 rings (SSSR count). The third-order valence-electron chi connectivity index (χ3n) is 3.00. The van der Waals surface area contributed by atoms with Gasteiger partial charge in [-0.25, -0.2) is 13.1 Å². The van der Waals surface area contributed by atoms with E-state index in [1.54, 1.807) is 11.3 Å². The summed E-state index contributed by atoms with van der Waals surface area (Å²) in [5, 5.41) is 7.49. The third kappa shape index (κ3) is 5.76. The molecule has 1 heterocycles. The molecule has 0 bridgehead atoms. The largest absolute Gasteiger partial charge is 0.309 e. The predicted molar refractivity (Wildman–Crippen MR) is 90.2 cm³/mol. The van der Waals surface area contributed by atoms with Gasteiger partial charge in [0.2, 0.25) is 10.0 Å². The van der Waals surface area contributed by atoms with Gasteiger partial charge >= 0.3 is 0 Å². The maximum absolute atomic E-state index is 11.7. The highest BCUT2D eigenvalue weighted by Crippen LogP contribution is 2.12. The van der Waals surface area contributed by atoms with Gasteiger partial charge in [0.25, 0.3) is 0 Å². The van der Waals surface area contributed by atoms with E-state index < -0.39 is 10.0 Å². The molecule has 0 amide bonds. The second-order valence-corrected chi connectivity index (χ2v) is 7.17. The van der Waals surface area contributed by atoms with Crippen LogP contribution in [0.25, 0.3) is 0 Å². The van der Waals surface area contributed by atoms with Gasteiger partial charge in [-0.1, -0.05) is 24.3 Å². The van der Waals surface area contributed by atoms with E-state index in [2.05, 4.69) is 21.5 Å². The molecule has 7 heteroatoms. The second-order valence-electron chi connectivity index (χ2n) is 4.47. The number of hydrogen-bond acceptors (Lipinski definition) is 4. The summed E-state index contributed by atoms with van der Waals surface area (Å²) in [5.74, 6) is 0.0137. The molecule has 2 aromatic rings. The molecule has 0 aliphatic heterocycles. The highest BCUT2D eigenvalue weighted by molar-refractivity contribution is 7.88. The van der Waals surface area contributed by atoms with Crippen molar-refractivity contribution in [2.45, 2.75) is 18.8 Å². The van der Waals surface area contributed by atoms with Crippen LogP contribution in [0.1, 0.15) is 16.7 Å². The molecule has 2 N–H and O–H groups in total. The minimum absolute atomic E-state index is 0. The molecule has 0 saturated carbocycles. The second kappa shape index (κ2) is 8.51. The van der Waals surface area contributed by atoms with E-state index >= 15 is 0 Å².